The monoisotopic (exact) mass is 174 g/mol. The summed E-state index contributed by atoms with van der Waals surface area (Å²) in [5.41, 5.74) is 0. The van der Waals surface area contributed by atoms with Crippen molar-refractivity contribution < 1.29 is 29.3 Å². The van der Waals surface area contributed by atoms with Crippen molar-refractivity contribution in [2.24, 2.45) is 0 Å². The molecule has 0 aromatic rings. The minimum absolute atomic E-state index is 0.807. The first-order valence-corrected chi connectivity index (χ1v) is 3.07. The third-order valence-corrected chi connectivity index (χ3v) is 1.29. The molecule has 0 bridgehead atoms. The molecule has 66 valence electrons. The van der Waals surface area contributed by atoms with Crippen LogP contribution in [0.15, 0.2) is 12.2 Å². The fraction of sp³-hybridized carbons (Fsp3) is 0.333. The van der Waals surface area contributed by atoms with Crippen LogP contribution < -0.4 is 0 Å². The lowest BCUT2D eigenvalue weighted by Gasteiger charge is -2.25. The van der Waals surface area contributed by atoms with E-state index in [0.717, 1.165) is 0 Å². The van der Waals surface area contributed by atoms with E-state index in [1.165, 1.54) is 12.2 Å². The zero-order valence-electron chi connectivity index (χ0n) is 5.84. The first kappa shape index (κ1) is 8.38. The van der Waals surface area contributed by atoms with Crippen LogP contribution in [-0.2, 0) is 9.47 Å². The van der Waals surface area contributed by atoms with Crippen molar-refractivity contribution in [3.8, 4) is 0 Å². The van der Waals surface area contributed by atoms with Gasteiger partial charge in [-0.25, -0.2) is 9.59 Å². The van der Waals surface area contributed by atoms with Crippen LogP contribution in [0, 0.1) is 0 Å². The quantitative estimate of drug-likeness (QED) is 0.472. The smallest absolute Gasteiger partial charge is 0.450 e. The van der Waals surface area contributed by atoms with Gasteiger partial charge in [-0.05, 0) is 12.2 Å². The normalized spacial score (nSPS) is 25.7. The van der Waals surface area contributed by atoms with Gasteiger partial charge in [-0.15, -0.1) is 0 Å². The summed E-state index contributed by atoms with van der Waals surface area (Å²) in [5.74, 6) is 0. The highest BCUT2D eigenvalue weighted by atomic mass is 16.7. The highest BCUT2D eigenvalue weighted by Crippen LogP contribution is 2.17. The Morgan fingerprint density at radius 2 is 1.33 bits per heavy atom. The Kier molecular flexibility index (Phi) is 2.18. The Morgan fingerprint density at radius 1 is 1.00 bits per heavy atom. The number of carbonyl (C=O) groups is 2. The Morgan fingerprint density at radius 3 is 1.50 bits per heavy atom. The predicted octanol–water partition coefficient (Wildman–Crippen LogP) is 0.683. The van der Waals surface area contributed by atoms with E-state index in [-0.39, 0.29) is 0 Å². The second kappa shape index (κ2) is 3.12. The van der Waals surface area contributed by atoms with E-state index in [1.54, 1.807) is 0 Å². The topological polar surface area (TPSA) is 93.1 Å². The minimum atomic E-state index is -1.46. The molecule has 12 heavy (non-hydrogen) atoms. The molecular formula is C6H6O6. The molecule has 0 radical (unpaired) electrons. The average Bonchev–Trinajstić information content (AvgIpc) is 1.93. The maximum Gasteiger partial charge on any atom is 0.506 e. The molecule has 2 N–H and O–H groups in total. The predicted molar refractivity (Wildman–Crippen MR) is 34.9 cm³/mol. The molecule has 0 spiro atoms. The standard InChI is InChI=1S/C6H6O6/c7-5(8)11-3-1-2-4(3)12-6(9)10/h1-4H,(H,7,8)(H,9,10)/t3-,4+. The zero-order chi connectivity index (χ0) is 9.14. The minimum Gasteiger partial charge on any atom is -0.450 e. The third-order valence-electron chi connectivity index (χ3n) is 1.29. The number of hydrogen-bond acceptors (Lipinski definition) is 4. The fourth-order valence-electron chi connectivity index (χ4n) is 0.738. The number of ether oxygens (including phenoxy) is 2. The summed E-state index contributed by atoms with van der Waals surface area (Å²) in [7, 11) is 0. The Bertz CT molecular complexity index is 208. The summed E-state index contributed by atoms with van der Waals surface area (Å²) in [6.45, 7) is 0. The van der Waals surface area contributed by atoms with Crippen molar-refractivity contribution >= 4 is 12.3 Å². The summed E-state index contributed by atoms with van der Waals surface area (Å²) in [6, 6.07) is 0. The van der Waals surface area contributed by atoms with Crippen molar-refractivity contribution in [3.05, 3.63) is 12.2 Å². The van der Waals surface area contributed by atoms with Crippen molar-refractivity contribution in [1.82, 2.24) is 0 Å². The number of rotatable bonds is 2. The largest absolute Gasteiger partial charge is 0.506 e. The van der Waals surface area contributed by atoms with Gasteiger partial charge in [0.15, 0.2) is 12.2 Å². The van der Waals surface area contributed by atoms with E-state index in [4.69, 9.17) is 10.2 Å². The third kappa shape index (κ3) is 1.88. The molecule has 6 heteroatoms. The molecule has 0 saturated heterocycles. The van der Waals surface area contributed by atoms with Gasteiger partial charge in [0.25, 0.3) is 0 Å². The molecule has 2 atom stereocenters. The summed E-state index contributed by atoms with van der Waals surface area (Å²) in [6.07, 6.45) is -1.72. The van der Waals surface area contributed by atoms with Crippen LogP contribution in [0.1, 0.15) is 0 Å². The lowest BCUT2D eigenvalue weighted by Crippen LogP contribution is -2.37. The number of hydrogen-bond donors (Lipinski definition) is 2. The summed E-state index contributed by atoms with van der Waals surface area (Å²) in [5, 5.41) is 16.3. The Labute approximate surface area is 67.0 Å². The van der Waals surface area contributed by atoms with Gasteiger partial charge >= 0.3 is 12.3 Å². The van der Waals surface area contributed by atoms with Gasteiger partial charge in [-0.1, -0.05) is 0 Å². The van der Waals surface area contributed by atoms with E-state index in [9.17, 15) is 9.59 Å². The molecule has 0 heterocycles. The molecule has 6 nitrogen and oxygen atoms in total. The molecule has 0 aromatic carbocycles. The first-order valence-electron chi connectivity index (χ1n) is 3.07. The van der Waals surface area contributed by atoms with Crippen molar-refractivity contribution in [3.63, 3.8) is 0 Å². The average molecular weight is 174 g/mol. The highest BCUT2D eigenvalue weighted by molar-refractivity contribution is 5.59. The van der Waals surface area contributed by atoms with Crippen molar-refractivity contribution in [2.75, 3.05) is 0 Å². The molecule has 0 aromatic heterocycles. The molecular weight excluding hydrogens is 168 g/mol. The number of carboxylic acid groups (broad SMARTS) is 2. The van der Waals surface area contributed by atoms with E-state index in [2.05, 4.69) is 9.47 Å². The van der Waals surface area contributed by atoms with Crippen LogP contribution in [0.25, 0.3) is 0 Å². The second-order valence-electron chi connectivity index (χ2n) is 2.08. The van der Waals surface area contributed by atoms with Gasteiger partial charge < -0.3 is 19.7 Å². The zero-order valence-corrected chi connectivity index (χ0v) is 5.84. The maximum atomic E-state index is 9.97. The molecule has 0 fully saturated rings. The maximum absolute atomic E-state index is 9.97. The van der Waals surface area contributed by atoms with Crippen LogP contribution >= 0.6 is 0 Å². The van der Waals surface area contributed by atoms with E-state index >= 15 is 0 Å². The first-order chi connectivity index (χ1) is 5.59. The molecule has 0 unspecified atom stereocenters. The van der Waals surface area contributed by atoms with Crippen LogP contribution in [0.4, 0.5) is 9.59 Å². The second-order valence-corrected chi connectivity index (χ2v) is 2.08. The molecule has 0 saturated carbocycles. The Hall–Kier alpha value is -1.72. The van der Waals surface area contributed by atoms with Crippen LogP contribution in [-0.4, -0.2) is 34.7 Å². The summed E-state index contributed by atoms with van der Waals surface area (Å²) in [4.78, 5) is 19.9. The molecule has 0 aliphatic heterocycles. The van der Waals surface area contributed by atoms with Crippen LogP contribution in [0.2, 0.25) is 0 Å². The van der Waals surface area contributed by atoms with Crippen LogP contribution in [0.3, 0.4) is 0 Å². The highest BCUT2D eigenvalue weighted by Gasteiger charge is 2.31. The summed E-state index contributed by atoms with van der Waals surface area (Å²) < 4.78 is 8.48. The van der Waals surface area contributed by atoms with Gasteiger partial charge in [0, 0.05) is 0 Å². The Balaban J connectivity index is 2.36. The van der Waals surface area contributed by atoms with Gasteiger partial charge in [0.1, 0.15) is 0 Å². The summed E-state index contributed by atoms with van der Waals surface area (Å²) >= 11 is 0. The fourth-order valence-corrected chi connectivity index (χ4v) is 0.738. The van der Waals surface area contributed by atoms with E-state index in [0.29, 0.717) is 0 Å². The lowest BCUT2D eigenvalue weighted by molar-refractivity contribution is -0.0162. The van der Waals surface area contributed by atoms with Gasteiger partial charge in [-0.3, -0.25) is 0 Å². The molecule has 1 aliphatic rings. The van der Waals surface area contributed by atoms with E-state index < -0.39 is 24.5 Å². The van der Waals surface area contributed by atoms with E-state index in [1.807, 2.05) is 0 Å². The molecule has 1 rings (SSSR count). The van der Waals surface area contributed by atoms with Gasteiger partial charge in [-0.2, -0.15) is 0 Å². The molecule has 1 aliphatic carbocycles. The SMILES string of the molecule is O=C(O)O[C@H]1C=C[C@H]1OC(=O)O. The van der Waals surface area contributed by atoms with Crippen molar-refractivity contribution in [1.29, 1.82) is 0 Å². The van der Waals surface area contributed by atoms with Gasteiger partial charge in [0.2, 0.25) is 0 Å². The molecule has 0 amide bonds. The van der Waals surface area contributed by atoms with Crippen LogP contribution in [0.5, 0.6) is 0 Å². The van der Waals surface area contributed by atoms with Crippen molar-refractivity contribution in [2.45, 2.75) is 12.2 Å². The lowest BCUT2D eigenvalue weighted by atomic mass is 10.0. The van der Waals surface area contributed by atoms with Gasteiger partial charge in [0.05, 0.1) is 0 Å².